The average molecular weight is 459 g/mol. The zero-order valence-corrected chi connectivity index (χ0v) is 20.0. The summed E-state index contributed by atoms with van der Waals surface area (Å²) in [5.74, 6) is 1.03. The third kappa shape index (κ3) is 6.56. The van der Waals surface area contributed by atoms with Gasteiger partial charge < -0.3 is 10.1 Å². The van der Waals surface area contributed by atoms with Gasteiger partial charge in [-0.3, -0.25) is 4.79 Å². The summed E-state index contributed by atoms with van der Waals surface area (Å²) in [7, 11) is -3.38. The van der Waals surface area contributed by atoms with Crippen LogP contribution in [0.3, 0.4) is 0 Å². The van der Waals surface area contributed by atoms with Crippen molar-refractivity contribution in [1.82, 2.24) is 9.62 Å². The quantitative estimate of drug-likeness (QED) is 0.579. The van der Waals surface area contributed by atoms with Crippen molar-refractivity contribution in [2.75, 3.05) is 26.2 Å². The van der Waals surface area contributed by atoms with Gasteiger partial charge in [0.2, 0.25) is 15.9 Å². The number of carbonyl (C=O) groups excluding carboxylic acids is 1. The first-order chi connectivity index (χ1) is 15.3. The van der Waals surface area contributed by atoms with Crippen LogP contribution in [0.1, 0.15) is 49.3 Å². The molecular formula is C25H34N2O4S. The molecule has 6 nitrogen and oxygen atoms in total. The highest BCUT2D eigenvalue weighted by atomic mass is 32.2. The van der Waals surface area contributed by atoms with Crippen molar-refractivity contribution in [3.05, 3.63) is 65.2 Å². The number of hydrogen-bond donors (Lipinski definition) is 1. The molecular weight excluding hydrogens is 424 g/mol. The third-order valence-electron chi connectivity index (χ3n) is 5.89. The number of nitrogens with one attached hydrogen (secondary N) is 1. The van der Waals surface area contributed by atoms with Gasteiger partial charge in [-0.05, 0) is 42.9 Å². The molecule has 0 spiro atoms. The van der Waals surface area contributed by atoms with Gasteiger partial charge in [0.25, 0.3) is 0 Å². The van der Waals surface area contributed by atoms with Crippen LogP contribution in [0.25, 0.3) is 0 Å². The minimum Gasteiger partial charge on any atom is -0.491 e. The van der Waals surface area contributed by atoms with E-state index in [0.29, 0.717) is 45.0 Å². The Bertz CT molecular complexity index is 995. The van der Waals surface area contributed by atoms with Gasteiger partial charge in [-0.15, -0.1) is 0 Å². The number of piperidine rings is 1. The van der Waals surface area contributed by atoms with Gasteiger partial charge in [0, 0.05) is 19.0 Å². The van der Waals surface area contributed by atoms with Crippen LogP contribution in [-0.2, 0) is 20.6 Å². The van der Waals surface area contributed by atoms with Crippen molar-refractivity contribution in [2.24, 2.45) is 5.92 Å². The second-order valence-electron chi connectivity index (χ2n) is 8.75. The third-order valence-corrected chi connectivity index (χ3v) is 7.74. The summed E-state index contributed by atoms with van der Waals surface area (Å²) in [4.78, 5) is 12.5. The molecule has 1 amide bonds. The Morgan fingerprint density at radius 1 is 1.09 bits per heavy atom. The van der Waals surface area contributed by atoms with Gasteiger partial charge in [-0.2, -0.15) is 0 Å². The second kappa shape index (κ2) is 11.0. The van der Waals surface area contributed by atoms with Crippen LogP contribution in [-0.4, -0.2) is 44.9 Å². The molecule has 0 aromatic heterocycles. The van der Waals surface area contributed by atoms with E-state index in [-0.39, 0.29) is 17.6 Å². The van der Waals surface area contributed by atoms with Gasteiger partial charge >= 0.3 is 0 Å². The molecule has 0 saturated carbocycles. The summed E-state index contributed by atoms with van der Waals surface area (Å²) in [5, 5.41) is 2.94. The molecule has 1 aliphatic rings. The molecule has 1 saturated heterocycles. The molecule has 0 atom stereocenters. The predicted octanol–water partition coefficient (Wildman–Crippen LogP) is 3.86. The SMILES string of the molecule is Cc1ccc(CS(=O)(=O)N2CCC(C(=O)NCCOc3ccccc3C(C)C)CC2)cc1. The number of nitrogens with zero attached hydrogens (tertiary/aromatic N) is 1. The average Bonchev–Trinajstić information content (AvgIpc) is 2.78. The molecule has 7 heteroatoms. The number of amides is 1. The number of rotatable bonds is 9. The maximum absolute atomic E-state index is 12.7. The van der Waals surface area contributed by atoms with E-state index in [9.17, 15) is 13.2 Å². The summed E-state index contributed by atoms with van der Waals surface area (Å²) < 4.78 is 32.9. The van der Waals surface area contributed by atoms with Crippen molar-refractivity contribution in [2.45, 2.75) is 45.3 Å². The van der Waals surface area contributed by atoms with Gasteiger partial charge in [0.1, 0.15) is 12.4 Å². The minimum absolute atomic E-state index is 0.000661. The van der Waals surface area contributed by atoms with E-state index in [1.165, 1.54) is 4.31 Å². The molecule has 1 heterocycles. The summed E-state index contributed by atoms with van der Waals surface area (Å²) >= 11 is 0. The first-order valence-electron chi connectivity index (χ1n) is 11.3. The van der Waals surface area contributed by atoms with Crippen LogP contribution < -0.4 is 10.1 Å². The monoisotopic (exact) mass is 458 g/mol. The Morgan fingerprint density at radius 3 is 2.41 bits per heavy atom. The largest absolute Gasteiger partial charge is 0.491 e. The number of aryl methyl sites for hydroxylation is 1. The zero-order chi connectivity index (χ0) is 23.1. The fraction of sp³-hybridized carbons (Fsp3) is 0.480. The maximum atomic E-state index is 12.7. The van der Waals surface area contributed by atoms with Crippen molar-refractivity contribution in [1.29, 1.82) is 0 Å². The lowest BCUT2D eigenvalue weighted by Crippen LogP contribution is -2.43. The number of benzene rings is 2. The minimum atomic E-state index is -3.38. The molecule has 0 radical (unpaired) electrons. The summed E-state index contributed by atoms with van der Waals surface area (Å²) in [6.45, 7) is 7.81. The van der Waals surface area contributed by atoms with Crippen molar-refractivity contribution < 1.29 is 17.9 Å². The van der Waals surface area contributed by atoms with Gasteiger partial charge in [0.15, 0.2) is 0 Å². The summed E-state index contributed by atoms with van der Waals surface area (Å²) in [6.07, 6.45) is 1.08. The number of sulfonamides is 1. The molecule has 1 aliphatic heterocycles. The molecule has 174 valence electrons. The van der Waals surface area contributed by atoms with Crippen LogP contribution in [0, 0.1) is 12.8 Å². The molecule has 2 aromatic carbocycles. The van der Waals surface area contributed by atoms with Crippen LogP contribution in [0.4, 0.5) is 0 Å². The number of para-hydroxylation sites is 1. The van der Waals surface area contributed by atoms with Gasteiger partial charge in [-0.1, -0.05) is 61.9 Å². The molecule has 32 heavy (non-hydrogen) atoms. The Hall–Kier alpha value is -2.38. The highest BCUT2D eigenvalue weighted by Crippen LogP contribution is 2.26. The number of hydrogen-bond acceptors (Lipinski definition) is 4. The fourth-order valence-corrected chi connectivity index (χ4v) is 5.51. The lowest BCUT2D eigenvalue weighted by Gasteiger charge is -2.30. The van der Waals surface area contributed by atoms with Crippen LogP contribution >= 0.6 is 0 Å². The van der Waals surface area contributed by atoms with Crippen molar-refractivity contribution >= 4 is 15.9 Å². The molecule has 0 bridgehead atoms. The van der Waals surface area contributed by atoms with Crippen molar-refractivity contribution in [3.8, 4) is 5.75 Å². The molecule has 0 unspecified atom stereocenters. The topological polar surface area (TPSA) is 75.7 Å². The van der Waals surface area contributed by atoms with Gasteiger partial charge in [-0.25, -0.2) is 12.7 Å². The van der Waals surface area contributed by atoms with E-state index < -0.39 is 10.0 Å². The van der Waals surface area contributed by atoms with E-state index >= 15 is 0 Å². The smallest absolute Gasteiger partial charge is 0.223 e. The number of carbonyl (C=O) groups is 1. The van der Waals surface area contributed by atoms with Crippen molar-refractivity contribution in [3.63, 3.8) is 0 Å². The van der Waals surface area contributed by atoms with Crippen LogP contribution in [0.5, 0.6) is 5.75 Å². The highest BCUT2D eigenvalue weighted by molar-refractivity contribution is 7.88. The summed E-state index contributed by atoms with van der Waals surface area (Å²) in [5.41, 5.74) is 3.04. The Morgan fingerprint density at radius 2 is 1.75 bits per heavy atom. The first kappa shape index (κ1) is 24.3. The maximum Gasteiger partial charge on any atom is 0.223 e. The standard InChI is InChI=1S/C25H34N2O4S/c1-19(2)23-6-4-5-7-24(23)31-17-14-26-25(28)22-12-15-27(16-13-22)32(29,30)18-21-10-8-20(3)9-11-21/h4-11,19,22H,12-18H2,1-3H3,(H,26,28). The molecule has 1 N–H and O–H groups in total. The van der Waals surface area contributed by atoms with Crippen LogP contribution in [0.15, 0.2) is 48.5 Å². The molecule has 0 aliphatic carbocycles. The second-order valence-corrected chi connectivity index (χ2v) is 10.7. The lowest BCUT2D eigenvalue weighted by atomic mass is 9.97. The summed E-state index contributed by atoms with van der Waals surface area (Å²) in [6, 6.07) is 15.5. The van der Waals surface area contributed by atoms with E-state index in [2.05, 4.69) is 25.2 Å². The van der Waals surface area contributed by atoms with Gasteiger partial charge in [0.05, 0.1) is 12.3 Å². The normalized spacial score (nSPS) is 15.6. The number of ether oxygens (including phenoxy) is 1. The molecule has 2 aromatic rings. The first-order valence-corrected chi connectivity index (χ1v) is 12.9. The van der Waals surface area contributed by atoms with Crippen LogP contribution in [0.2, 0.25) is 0 Å². The van der Waals surface area contributed by atoms with E-state index in [0.717, 1.165) is 22.4 Å². The van der Waals surface area contributed by atoms with E-state index in [1.807, 2.05) is 49.4 Å². The Kier molecular flexibility index (Phi) is 8.32. The van der Waals surface area contributed by atoms with E-state index in [4.69, 9.17) is 4.74 Å². The fourth-order valence-electron chi connectivity index (χ4n) is 3.95. The lowest BCUT2D eigenvalue weighted by molar-refractivity contribution is -0.126. The predicted molar refractivity (Wildman–Crippen MR) is 127 cm³/mol. The Balaban J connectivity index is 1.42. The zero-order valence-electron chi connectivity index (χ0n) is 19.2. The Labute approximate surface area is 192 Å². The highest BCUT2D eigenvalue weighted by Gasteiger charge is 2.31. The molecule has 3 rings (SSSR count). The molecule has 1 fully saturated rings. The van der Waals surface area contributed by atoms with E-state index in [1.54, 1.807) is 0 Å².